The number of hydrogen-bond acceptors (Lipinski definition) is 4. The number of nitrogens with zero attached hydrogens (tertiary/aromatic N) is 3. The van der Waals surface area contributed by atoms with Crippen LogP contribution in [-0.4, -0.2) is 10.0 Å². The Labute approximate surface area is 66.8 Å². The summed E-state index contributed by atoms with van der Waals surface area (Å²) < 4.78 is 0. The van der Waals surface area contributed by atoms with Crippen molar-refractivity contribution in [3.63, 3.8) is 0 Å². The standard InChI is InChI=1S/C6H3N3O3/c7-8-5-3-4(9(11)12)1-2-6(5)10/h1-3H/p+1. The van der Waals surface area contributed by atoms with Gasteiger partial charge in [0.15, 0.2) is 4.98 Å². The largest absolute Gasteiger partial charge is 0.501 e. The Morgan fingerprint density at radius 1 is 1.58 bits per heavy atom. The van der Waals surface area contributed by atoms with Crippen LogP contribution in [0, 0.1) is 15.5 Å². The SMILES string of the molecule is N#[N+]c1cc([N+](=O)[O-])ccc1O. The molecule has 1 N–H and O–H groups in total. The number of non-ortho nitro benzene ring substituents is 1. The Morgan fingerprint density at radius 2 is 2.25 bits per heavy atom. The van der Waals surface area contributed by atoms with E-state index in [0.29, 0.717) is 0 Å². The molecule has 0 atom stereocenters. The van der Waals surface area contributed by atoms with Gasteiger partial charge < -0.3 is 5.11 Å². The summed E-state index contributed by atoms with van der Waals surface area (Å²) in [6.45, 7) is 0. The first-order chi connectivity index (χ1) is 5.65. The quantitative estimate of drug-likeness (QED) is 0.391. The van der Waals surface area contributed by atoms with Gasteiger partial charge in [0.2, 0.25) is 11.1 Å². The average Bonchev–Trinajstić information content (AvgIpc) is 2.05. The molecule has 1 aromatic carbocycles. The van der Waals surface area contributed by atoms with Gasteiger partial charge in [-0.2, -0.15) is 0 Å². The van der Waals surface area contributed by atoms with Gasteiger partial charge in [0, 0.05) is 6.07 Å². The molecule has 0 aliphatic heterocycles. The molecular formula is C6H4N3O3+. The Balaban J connectivity index is 3.25. The molecule has 0 bridgehead atoms. The molecule has 0 amide bonds. The van der Waals surface area contributed by atoms with Gasteiger partial charge in [-0.3, -0.25) is 10.1 Å². The van der Waals surface area contributed by atoms with E-state index >= 15 is 0 Å². The third-order valence-corrected chi connectivity index (χ3v) is 1.28. The van der Waals surface area contributed by atoms with Gasteiger partial charge in [0.25, 0.3) is 5.69 Å². The summed E-state index contributed by atoms with van der Waals surface area (Å²) in [5.74, 6) is -0.303. The second-order valence-electron chi connectivity index (χ2n) is 2.03. The lowest BCUT2D eigenvalue weighted by atomic mass is 10.2. The maximum absolute atomic E-state index is 10.2. The van der Waals surface area contributed by atoms with E-state index in [-0.39, 0.29) is 17.1 Å². The molecule has 6 nitrogen and oxygen atoms in total. The highest BCUT2D eigenvalue weighted by molar-refractivity contribution is 5.60. The molecule has 0 fully saturated rings. The van der Waals surface area contributed by atoms with Crippen LogP contribution in [0.4, 0.5) is 11.4 Å². The Kier molecular flexibility index (Phi) is 1.88. The van der Waals surface area contributed by atoms with Crippen LogP contribution in [0.25, 0.3) is 4.98 Å². The molecule has 0 radical (unpaired) electrons. The molecule has 0 spiro atoms. The van der Waals surface area contributed by atoms with E-state index in [4.69, 9.17) is 10.5 Å². The fraction of sp³-hybridized carbons (Fsp3) is 0. The number of benzene rings is 1. The van der Waals surface area contributed by atoms with Crippen molar-refractivity contribution in [2.75, 3.05) is 0 Å². The molecule has 1 aromatic rings. The van der Waals surface area contributed by atoms with Crippen LogP contribution >= 0.6 is 0 Å². The molecule has 1 rings (SSSR count). The number of aromatic hydroxyl groups is 1. The van der Waals surface area contributed by atoms with E-state index in [1.807, 2.05) is 0 Å². The van der Waals surface area contributed by atoms with Crippen LogP contribution in [0.3, 0.4) is 0 Å². The third kappa shape index (κ3) is 1.29. The van der Waals surface area contributed by atoms with Crippen molar-refractivity contribution in [2.45, 2.75) is 0 Å². The second kappa shape index (κ2) is 2.84. The van der Waals surface area contributed by atoms with Crippen LogP contribution < -0.4 is 0 Å². The minimum Gasteiger partial charge on any atom is -0.501 e. The van der Waals surface area contributed by atoms with Crippen molar-refractivity contribution in [1.29, 1.82) is 5.39 Å². The summed E-state index contributed by atoms with van der Waals surface area (Å²) in [5.41, 5.74) is -0.454. The molecule has 12 heavy (non-hydrogen) atoms. The van der Waals surface area contributed by atoms with Crippen LogP contribution in [0.1, 0.15) is 0 Å². The molecule has 0 heterocycles. The number of phenolic OH excluding ortho intramolecular Hbond substituents is 1. The normalized spacial score (nSPS) is 8.92. The van der Waals surface area contributed by atoms with Crippen LogP contribution in [0.15, 0.2) is 18.2 Å². The topological polar surface area (TPSA) is 91.5 Å². The number of hydrogen-bond donors (Lipinski definition) is 1. The summed E-state index contributed by atoms with van der Waals surface area (Å²) in [6.07, 6.45) is 0. The van der Waals surface area contributed by atoms with Crippen molar-refractivity contribution in [2.24, 2.45) is 0 Å². The zero-order chi connectivity index (χ0) is 9.14. The lowest BCUT2D eigenvalue weighted by Crippen LogP contribution is -1.85. The van der Waals surface area contributed by atoms with Crippen molar-refractivity contribution in [3.8, 4) is 5.75 Å². The van der Waals surface area contributed by atoms with Gasteiger partial charge >= 0.3 is 5.69 Å². The molecule has 0 saturated heterocycles. The van der Waals surface area contributed by atoms with Gasteiger partial charge in [0.1, 0.15) is 6.07 Å². The van der Waals surface area contributed by atoms with Gasteiger partial charge in [-0.1, -0.05) is 0 Å². The van der Waals surface area contributed by atoms with Crippen molar-refractivity contribution >= 4 is 11.4 Å². The van der Waals surface area contributed by atoms with Crippen LogP contribution in [-0.2, 0) is 0 Å². The molecule has 0 aliphatic rings. The van der Waals surface area contributed by atoms with Crippen LogP contribution in [0.2, 0.25) is 0 Å². The van der Waals surface area contributed by atoms with E-state index in [9.17, 15) is 10.1 Å². The van der Waals surface area contributed by atoms with Crippen LogP contribution in [0.5, 0.6) is 5.75 Å². The van der Waals surface area contributed by atoms with E-state index < -0.39 is 4.92 Å². The van der Waals surface area contributed by atoms with E-state index in [0.717, 1.165) is 18.2 Å². The Bertz CT molecular complexity index is 369. The van der Waals surface area contributed by atoms with Gasteiger partial charge in [-0.25, -0.2) is 0 Å². The molecule has 0 unspecified atom stereocenters. The smallest absolute Gasteiger partial charge is 0.432 e. The zero-order valence-corrected chi connectivity index (χ0v) is 5.84. The zero-order valence-electron chi connectivity index (χ0n) is 5.84. The monoisotopic (exact) mass is 166 g/mol. The maximum Gasteiger partial charge on any atom is 0.432 e. The predicted molar refractivity (Wildman–Crippen MR) is 39.5 cm³/mol. The first-order valence-corrected chi connectivity index (χ1v) is 2.97. The summed E-state index contributed by atoms with van der Waals surface area (Å²) in [6, 6.07) is 3.17. The summed E-state index contributed by atoms with van der Waals surface area (Å²) in [5, 5.41) is 27.4. The molecule has 0 saturated carbocycles. The predicted octanol–water partition coefficient (Wildman–Crippen LogP) is 1.78. The van der Waals surface area contributed by atoms with Gasteiger partial charge in [0.05, 0.1) is 4.92 Å². The Morgan fingerprint density at radius 3 is 2.75 bits per heavy atom. The highest BCUT2D eigenvalue weighted by Crippen LogP contribution is 2.29. The molecule has 6 heteroatoms. The number of phenols is 1. The Hall–Kier alpha value is -2.16. The summed E-state index contributed by atoms with van der Waals surface area (Å²) >= 11 is 0. The third-order valence-electron chi connectivity index (χ3n) is 1.28. The average molecular weight is 166 g/mol. The molecule has 0 aromatic heterocycles. The number of diazo groups is 1. The highest BCUT2D eigenvalue weighted by atomic mass is 16.6. The molecule has 60 valence electrons. The lowest BCUT2D eigenvalue weighted by molar-refractivity contribution is -0.384. The fourth-order valence-electron chi connectivity index (χ4n) is 0.705. The van der Waals surface area contributed by atoms with Gasteiger partial charge in [-0.15, -0.1) is 0 Å². The minimum absolute atomic E-state index is 0.218. The number of rotatable bonds is 1. The summed E-state index contributed by atoms with van der Waals surface area (Å²) in [4.78, 5) is 12.2. The van der Waals surface area contributed by atoms with Crippen molar-refractivity contribution in [1.82, 2.24) is 0 Å². The van der Waals surface area contributed by atoms with Crippen molar-refractivity contribution in [3.05, 3.63) is 33.3 Å². The summed E-state index contributed by atoms with van der Waals surface area (Å²) in [7, 11) is 0. The first kappa shape index (κ1) is 7.94. The number of nitro groups is 1. The lowest BCUT2D eigenvalue weighted by Gasteiger charge is -1.87. The highest BCUT2D eigenvalue weighted by Gasteiger charge is 2.18. The maximum atomic E-state index is 10.2. The molecular weight excluding hydrogens is 162 g/mol. The fourth-order valence-corrected chi connectivity index (χ4v) is 0.705. The van der Waals surface area contributed by atoms with Crippen molar-refractivity contribution < 1.29 is 10.0 Å². The van der Waals surface area contributed by atoms with E-state index in [1.54, 1.807) is 0 Å². The minimum atomic E-state index is -0.645. The second-order valence-corrected chi connectivity index (χ2v) is 2.03. The van der Waals surface area contributed by atoms with E-state index in [2.05, 4.69) is 4.98 Å². The van der Waals surface area contributed by atoms with Gasteiger partial charge in [-0.05, 0) is 6.07 Å². The molecule has 0 aliphatic carbocycles. The first-order valence-electron chi connectivity index (χ1n) is 2.97. The number of nitro benzene ring substituents is 1. The van der Waals surface area contributed by atoms with E-state index in [1.165, 1.54) is 0 Å².